The molecule has 0 aliphatic rings. The molecule has 1 amide bonds. The summed E-state index contributed by atoms with van der Waals surface area (Å²) in [7, 11) is 0. The van der Waals surface area contributed by atoms with Crippen molar-refractivity contribution in [1.29, 1.82) is 0 Å². The van der Waals surface area contributed by atoms with Crippen molar-refractivity contribution in [3.8, 4) is 0 Å². The van der Waals surface area contributed by atoms with E-state index in [0.717, 1.165) is 12.8 Å². The number of unbranched alkanes of at least 4 members (excludes halogenated alkanes) is 1. The molecule has 2 rings (SSSR count). The third-order valence-electron chi connectivity index (χ3n) is 3.52. The van der Waals surface area contributed by atoms with Crippen LogP contribution in [0.3, 0.4) is 0 Å². The predicted octanol–water partition coefficient (Wildman–Crippen LogP) is 4.46. The second-order valence-corrected chi connectivity index (χ2v) is 5.35. The Bertz CT molecular complexity index is 629. The van der Waals surface area contributed by atoms with Crippen LogP contribution in [-0.4, -0.2) is 29.8 Å². The second kappa shape index (κ2) is 7.41. The summed E-state index contributed by atoms with van der Waals surface area (Å²) in [5.41, 5.74) is 0.535. The third-order valence-corrected chi connectivity index (χ3v) is 3.69. The molecule has 2 aromatic carbocycles. The van der Waals surface area contributed by atoms with Crippen LogP contribution in [0.5, 0.6) is 0 Å². The Kier molecular flexibility index (Phi) is 5.57. The summed E-state index contributed by atoms with van der Waals surface area (Å²) in [5, 5.41) is 1.13. The van der Waals surface area contributed by atoms with Crippen LogP contribution in [0.1, 0.15) is 30.1 Å². The number of amides is 1. The highest BCUT2D eigenvalue weighted by molar-refractivity contribution is 6.18. The van der Waals surface area contributed by atoms with E-state index in [1.165, 1.54) is 6.07 Å². The number of nitrogens with zero attached hydrogens (tertiary/aromatic N) is 1. The Hall–Kier alpha value is -1.61. The van der Waals surface area contributed by atoms with Crippen LogP contribution < -0.4 is 0 Å². The average Bonchev–Trinajstić information content (AvgIpc) is 2.51. The summed E-state index contributed by atoms with van der Waals surface area (Å²) in [6.07, 6.45) is 1.94. The number of benzene rings is 2. The number of carbonyl (C=O) groups is 1. The zero-order valence-corrected chi connectivity index (χ0v) is 12.9. The molecule has 0 unspecified atom stereocenters. The van der Waals surface area contributed by atoms with Gasteiger partial charge in [0.25, 0.3) is 5.91 Å². The molecule has 0 fully saturated rings. The topological polar surface area (TPSA) is 20.3 Å². The summed E-state index contributed by atoms with van der Waals surface area (Å²) in [6.45, 7) is 3.26. The van der Waals surface area contributed by atoms with Crippen molar-refractivity contribution in [3.05, 3.63) is 47.8 Å². The normalized spacial score (nSPS) is 10.8. The molecule has 0 aliphatic carbocycles. The van der Waals surface area contributed by atoms with Gasteiger partial charge in [-0.15, -0.1) is 11.6 Å². The Morgan fingerprint density at radius 2 is 1.86 bits per heavy atom. The molecule has 0 spiro atoms. The molecule has 0 saturated carbocycles. The highest BCUT2D eigenvalue weighted by Gasteiger charge is 2.18. The van der Waals surface area contributed by atoms with Crippen molar-refractivity contribution in [1.82, 2.24) is 4.90 Å². The van der Waals surface area contributed by atoms with E-state index < -0.39 is 0 Å². The van der Waals surface area contributed by atoms with E-state index in [2.05, 4.69) is 6.92 Å². The molecule has 4 heteroatoms. The van der Waals surface area contributed by atoms with Crippen LogP contribution in [0, 0.1) is 5.82 Å². The first-order valence-electron chi connectivity index (χ1n) is 7.21. The van der Waals surface area contributed by atoms with Crippen LogP contribution in [0.15, 0.2) is 36.4 Å². The van der Waals surface area contributed by atoms with Crippen LogP contribution in [0.2, 0.25) is 0 Å². The van der Waals surface area contributed by atoms with E-state index in [1.807, 2.05) is 6.07 Å². The summed E-state index contributed by atoms with van der Waals surface area (Å²) >= 11 is 5.80. The Labute approximate surface area is 129 Å². The summed E-state index contributed by atoms with van der Waals surface area (Å²) in [5.74, 6) is 0.00842. The number of carbonyl (C=O) groups excluding carboxylic acids is 1. The maximum atomic E-state index is 13.8. The smallest absolute Gasteiger partial charge is 0.254 e. The molecule has 0 bridgehead atoms. The SMILES string of the molecule is CCCCN(CCCl)C(=O)c1ccc(F)c2ccccc12. The van der Waals surface area contributed by atoms with Gasteiger partial charge in [-0.05, 0) is 23.9 Å². The number of fused-ring (bicyclic) bond motifs is 1. The number of rotatable bonds is 6. The van der Waals surface area contributed by atoms with Crippen LogP contribution >= 0.6 is 11.6 Å². The molecular weight excluding hydrogens is 289 g/mol. The van der Waals surface area contributed by atoms with Gasteiger partial charge in [-0.2, -0.15) is 0 Å². The largest absolute Gasteiger partial charge is 0.337 e. The van der Waals surface area contributed by atoms with Gasteiger partial charge in [0.1, 0.15) is 5.82 Å². The molecule has 2 nitrogen and oxygen atoms in total. The van der Waals surface area contributed by atoms with Crippen molar-refractivity contribution in [2.24, 2.45) is 0 Å². The first kappa shape index (κ1) is 15.8. The number of halogens is 2. The van der Waals surface area contributed by atoms with E-state index in [4.69, 9.17) is 11.6 Å². The van der Waals surface area contributed by atoms with Crippen molar-refractivity contribution in [2.45, 2.75) is 19.8 Å². The first-order chi connectivity index (χ1) is 10.2. The predicted molar refractivity (Wildman–Crippen MR) is 85.4 cm³/mol. The van der Waals surface area contributed by atoms with E-state index >= 15 is 0 Å². The number of alkyl halides is 1. The third kappa shape index (κ3) is 3.53. The molecule has 0 atom stereocenters. The van der Waals surface area contributed by atoms with Gasteiger partial charge >= 0.3 is 0 Å². The van der Waals surface area contributed by atoms with Gasteiger partial charge < -0.3 is 4.90 Å². The van der Waals surface area contributed by atoms with Crippen LogP contribution in [0.25, 0.3) is 10.8 Å². The monoisotopic (exact) mass is 307 g/mol. The molecule has 0 aromatic heterocycles. The summed E-state index contributed by atoms with van der Waals surface area (Å²) in [4.78, 5) is 14.5. The van der Waals surface area contributed by atoms with Gasteiger partial charge in [-0.3, -0.25) is 4.79 Å². The Balaban J connectivity index is 2.39. The van der Waals surface area contributed by atoms with E-state index in [0.29, 0.717) is 35.3 Å². The van der Waals surface area contributed by atoms with Crippen molar-refractivity contribution in [2.75, 3.05) is 19.0 Å². The standard InChI is InChI=1S/C17H19ClFNO/c1-2-3-11-20(12-10-18)17(21)15-8-9-16(19)14-7-5-4-6-13(14)15/h4-9H,2-3,10-12H2,1H3. The minimum atomic E-state index is -0.306. The van der Waals surface area contributed by atoms with Gasteiger partial charge in [-0.1, -0.05) is 37.6 Å². The minimum Gasteiger partial charge on any atom is -0.337 e. The van der Waals surface area contributed by atoms with E-state index in [1.54, 1.807) is 29.2 Å². The van der Waals surface area contributed by atoms with E-state index in [9.17, 15) is 9.18 Å². The van der Waals surface area contributed by atoms with Crippen molar-refractivity contribution in [3.63, 3.8) is 0 Å². The number of hydrogen-bond donors (Lipinski definition) is 0. The van der Waals surface area contributed by atoms with Gasteiger partial charge in [0, 0.05) is 29.9 Å². The molecule has 0 aliphatic heterocycles. The second-order valence-electron chi connectivity index (χ2n) is 4.98. The zero-order chi connectivity index (χ0) is 15.2. The number of hydrogen-bond acceptors (Lipinski definition) is 1. The molecule has 0 saturated heterocycles. The lowest BCUT2D eigenvalue weighted by atomic mass is 10.0. The van der Waals surface area contributed by atoms with Gasteiger partial charge in [-0.25, -0.2) is 4.39 Å². The highest BCUT2D eigenvalue weighted by atomic mass is 35.5. The van der Waals surface area contributed by atoms with Crippen molar-refractivity contribution < 1.29 is 9.18 Å². The first-order valence-corrected chi connectivity index (χ1v) is 7.75. The Morgan fingerprint density at radius 1 is 1.14 bits per heavy atom. The molecule has 21 heavy (non-hydrogen) atoms. The zero-order valence-electron chi connectivity index (χ0n) is 12.1. The van der Waals surface area contributed by atoms with Gasteiger partial charge in [0.2, 0.25) is 0 Å². The molecule has 0 heterocycles. The van der Waals surface area contributed by atoms with Crippen molar-refractivity contribution >= 4 is 28.3 Å². The van der Waals surface area contributed by atoms with Crippen LogP contribution in [0.4, 0.5) is 4.39 Å². The van der Waals surface area contributed by atoms with E-state index in [-0.39, 0.29) is 11.7 Å². The van der Waals surface area contributed by atoms with Gasteiger partial charge in [0.15, 0.2) is 0 Å². The lowest BCUT2D eigenvalue weighted by Gasteiger charge is -2.22. The highest BCUT2D eigenvalue weighted by Crippen LogP contribution is 2.23. The molecule has 0 N–H and O–H groups in total. The molecule has 0 radical (unpaired) electrons. The average molecular weight is 308 g/mol. The van der Waals surface area contributed by atoms with Crippen LogP contribution in [-0.2, 0) is 0 Å². The molecular formula is C17H19ClFNO. The minimum absolute atomic E-state index is 0.0831. The lowest BCUT2D eigenvalue weighted by Crippen LogP contribution is -2.33. The fourth-order valence-electron chi connectivity index (χ4n) is 2.39. The summed E-state index contributed by atoms with van der Waals surface area (Å²) < 4.78 is 13.8. The lowest BCUT2D eigenvalue weighted by molar-refractivity contribution is 0.0765. The fraction of sp³-hybridized carbons (Fsp3) is 0.353. The Morgan fingerprint density at radius 3 is 2.52 bits per heavy atom. The fourth-order valence-corrected chi connectivity index (χ4v) is 2.59. The molecule has 112 valence electrons. The molecule has 2 aromatic rings. The maximum absolute atomic E-state index is 13.8. The quantitative estimate of drug-likeness (QED) is 0.722. The van der Waals surface area contributed by atoms with Gasteiger partial charge in [0.05, 0.1) is 0 Å². The summed E-state index contributed by atoms with van der Waals surface area (Å²) in [6, 6.07) is 9.98. The maximum Gasteiger partial charge on any atom is 0.254 e.